The van der Waals surface area contributed by atoms with Crippen LogP contribution in [0.2, 0.25) is 5.02 Å². The molecule has 0 radical (unpaired) electrons. The lowest BCUT2D eigenvalue weighted by molar-refractivity contribution is 0.0951. The van der Waals surface area contributed by atoms with Crippen molar-refractivity contribution < 1.29 is 4.79 Å². The number of thioether (sulfide) groups is 1. The maximum Gasteiger partial charge on any atom is 0.274 e. The van der Waals surface area contributed by atoms with Crippen molar-refractivity contribution in [1.29, 1.82) is 0 Å². The average Bonchev–Trinajstić information content (AvgIpc) is 2.65. The van der Waals surface area contributed by atoms with Crippen LogP contribution in [0.25, 0.3) is 10.8 Å². The van der Waals surface area contributed by atoms with Crippen LogP contribution in [-0.4, -0.2) is 28.0 Å². The zero-order valence-corrected chi connectivity index (χ0v) is 15.8. The van der Waals surface area contributed by atoms with Crippen molar-refractivity contribution in [2.45, 2.75) is 5.75 Å². The molecule has 1 N–H and O–H groups in total. The average molecular weight is 388 g/mol. The monoisotopic (exact) mass is 387 g/mol. The third-order valence-electron chi connectivity index (χ3n) is 3.89. The third-order valence-corrected chi connectivity index (χ3v) is 5.17. The van der Waals surface area contributed by atoms with Gasteiger partial charge in [0.25, 0.3) is 11.5 Å². The number of halogens is 1. The van der Waals surface area contributed by atoms with E-state index in [1.165, 1.54) is 10.2 Å². The van der Waals surface area contributed by atoms with Crippen LogP contribution in [0, 0.1) is 0 Å². The Kier molecular flexibility index (Phi) is 5.96. The second kappa shape index (κ2) is 8.38. The first-order chi connectivity index (χ1) is 12.6. The summed E-state index contributed by atoms with van der Waals surface area (Å²) >= 11 is 7.59. The second-order valence-electron chi connectivity index (χ2n) is 5.76. The fourth-order valence-electron chi connectivity index (χ4n) is 2.56. The summed E-state index contributed by atoms with van der Waals surface area (Å²) in [4.78, 5) is 24.6. The van der Waals surface area contributed by atoms with Crippen molar-refractivity contribution >= 4 is 40.0 Å². The molecule has 0 saturated heterocycles. The number of fused-ring (bicyclic) bond motifs is 1. The Bertz CT molecular complexity index is 986. The molecule has 1 aromatic heterocycles. The zero-order chi connectivity index (χ0) is 18.5. The van der Waals surface area contributed by atoms with Gasteiger partial charge in [-0.25, -0.2) is 4.68 Å². The number of amides is 1. The van der Waals surface area contributed by atoms with Crippen molar-refractivity contribution in [3.63, 3.8) is 0 Å². The zero-order valence-electron chi connectivity index (χ0n) is 14.2. The van der Waals surface area contributed by atoms with E-state index in [4.69, 9.17) is 11.6 Å². The van der Waals surface area contributed by atoms with E-state index in [-0.39, 0.29) is 17.2 Å². The minimum absolute atomic E-state index is 0.212. The normalized spacial score (nSPS) is 10.8. The topological polar surface area (TPSA) is 64.0 Å². The van der Waals surface area contributed by atoms with Gasteiger partial charge in [0, 0.05) is 35.5 Å². The van der Waals surface area contributed by atoms with Crippen molar-refractivity contribution in [3.8, 4) is 0 Å². The highest BCUT2D eigenvalue weighted by Gasteiger charge is 2.14. The summed E-state index contributed by atoms with van der Waals surface area (Å²) in [5.74, 6) is 1.36. The molecule has 3 rings (SSSR count). The molecule has 0 aliphatic carbocycles. The van der Waals surface area contributed by atoms with Gasteiger partial charge in [-0.15, -0.1) is 0 Å². The van der Waals surface area contributed by atoms with Gasteiger partial charge >= 0.3 is 0 Å². The summed E-state index contributed by atoms with van der Waals surface area (Å²) in [5.41, 5.74) is 1.25. The molecule has 0 aliphatic heterocycles. The van der Waals surface area contributed by atoms with E-state index < -0.39 is 0 Å². The number of aryl methyl sites for hydroxylation is 1. The Labute approximate surface area is 160 Å². The molecule has 1 amide bonds. The lowest BCUT2D eigenvalue weighted by atomic mass is 10.1. The van der Waals surface area contributed by atoms with Gasteiger partial charge in [0.05, 0.1) is 5.39 Å². The van der Waals surface area contributed by atoms with Gasteiger partial charge in [-0.3, -0.25) is 9.59 Å². The van der Waals surface area contributed by atoms with Crippen LogP contribution < -0.4 is 10.9 Å². The summed E-state index contributed by atoms with van der Waals surface area (Å²) in [6, 6.07) is 14.8. The molecule has 26 heavy (non-hydrogen) atoms. The van der Waals surface area contributed by atoms with Crippen molar-refractivity contribution in [2.24, 2.45) is 7.05 Å². The van der Waals surface area contributed by atoms with Gasteiger partial charge in [0.2, 0.25) is 0 Å². The molecule has 2 aromatic carbocycles. The Morgan fingerprint density at radius 2 is 1.85 bits per heavy atom. The maximum absolute atomic E-state index is 12.5. The molecular formula is C19H18ClN3O2S. The Morgan fingerprint density at radius 1 is 1.15 bits per heavy atom. The first-order valence-electron chi connectivity index (χ1n) is 8.12. The highest BCUT2D eigenvalue weighted by Crippen LogP contribution is 2.15. The quantitative estimate of drug-likeness (QED) is 0.659. The van der Waals surface area contributed by atoms with Crippen LogP contribution in [0.15, 0.2) is 53.3 Å². The predicted octanol–water partition coefficient (Wildman–Crippen LogP) is 3.25. The molecule has 0 saturated carbocycles. The van der Waals surface area contributed by atoms with Gasteiger partial charge in [-0.1, -0.05) is 41.9 Å². The van der Waals surface area contributed by atoms with Crippen LogP contribution in [-0.2, 0) is 12.8 Å². The number of hydrogen-bond acceptors (Lipinski definition) is 4. The summed E-state index contributed by atoms with van der Waals surface area (Å²) in [6.07, 6.45) is 0. The molecule has 0 aliphatic rings. The van der Waals surface area contributed by atoms with Gasteiger partial charge in [0.15, 0.2) is 5.69 Å². The largest absolute Gasteiger partial charge is 0.350 e. The highest BCUT2D eigenvalue weighted by atomic mass is 35.5. The van der Waals surface area contributed by atoms with Crippen LogP contribution in [0.4, 0.5) is 0 Å². The Morgan fingerprint density at radius 3 is 2.58 bits per heavy atom. The standard InChI is InChI=1S/C19H18ClN3O2S/c1-23-19(25)16-5-3-2-4-15(16)17(22-23)18(24)21-10-11-26-12-13-6-8-14(20)9-7-13/h2-9H,10-12H2,1H3,(H,21,24). The molecule has 0 bridgehead atoms. The summed E-state index contributed by atoms with van der Waals surface area (Å²) in [6.45, 7) is 0.524. The molecule has 0 unspecified atom stereocenters. The third kappa shape index (κ3) is 4.26. The van der Waals surface area contributed by atoms with Gasteiger partial charge in [-0.05, 0) is 23.8 Å². The van der Waals surface area contributed by atoms with E-state index in [0.717, 1.165) is 16.5 Å². The van der Waals surface area contributed by atoms with E-state index in [9.17, 15) is 9.59 Å². The molecule has 5 nitrogen and oxygen atoms in total. The molecular weight excluding hydrogens is 370 g/mol. The molecule has 3 aromatic rings. The smallest absolute Gasteiger partial charge is 0.274 e. The molecule has 1 heterocycles. The molecule has 0 spiro atoms. The number of nitrogens with one attached hydrogen (secondary N) is 1. The molecule has 134 valence electrons. The van der Waals surface area contributed by atoms with Gasteiger partial charge in [-0.2, -0.15) is 16.9 Å². The SMILES string of the molecule is Cn1nc(C(=O)NCCSCc2ccc(Cl)cc2)c2ccccc2c1=O. The van der Waals surface area contributed by atoms with Crippen LogP contribution >= 0.6 is 23.4 Å². The van der Waals surface area contributed by atoms with E-state index in [1.807, 2.05) is 24.3 Å². The molecule has 0 fully saturated rings. The number of nitrogens with zero attached hydrogens (tertiary/aromatic N) is 2. The first-order valence-corrected chi connectivity index (χ1v) is 9.66. The second-order valence-corrected chi connectivity index (χ2v) is 7.30. The van der Waals surface area contributed by atoms with E-state index in [0.29, 0.717) is 17.3 Å². The highest BCUT2D eigenvalue weighted by molar-refractivity contribution is 7.98. The van der Waals surface area contributed by atoms with E-state index in [2.05, 4.69) is 10.4 Å². The predicted molar refractivity (Wildman–Crippen MR) is 107 cm³/mol. The number of rotatable bonds is 6. The van der Waals surface area contributed by atoms with E-state index >= 15 is 0 Å². The fraction of sp³-hybridized carbons (Fsp3) is 0.211. The molecule has 0 atom stereocenters. The Balaban J connectivity index is 1.59. The number of benzene rings is 2. The number of carbonyl (C=O) groups is 1. The lowest BCUT2D eigenvalue weighted by Gasteiger charge is -2.09. The van der Waals surface area contributed by atoms with Crippen molar-refractivity contribution in [2.75, 3.05) is 12.3 Å². The summed E-state index contributed by atoms with van der Waals surface area (Å²) < 4.78 is 1.20. The van der Waals surface area contributed by atoms with Crippen molar-refractivity contribution in [3.05, 3.63) is 75.2 Å². The van der Waals surface area contributed by atoms with Crippen LogP contribution in [0.3, 0.4) is 0 Å². The summed E-state index contributed by atoms with van der Waals surface area (Å²) in [7, 11) is 1.55. The van der Waals surface area contributed by atoms with Crippen molar-refractivity contribution in [1.82, 2.24) is 15.1 Å². The molecule has 7 heteroatoms. The minimum atomic E-state index is -0.274. The first kappa shape index (κ1) is 18.5. The fourth-order valence-corrected chi connectivity index (χ4v) is 3.50. The number of carbonyl (C=O) groups excluding carboxylic acids is 1. The summed E-state index contributed by atoms with van der Waals surface area (Å²) in [5, 5.41) is 8.79. The number of hydrogen-bond donors (Lipinski definition) is 1. The minimum Gasteiger partial charge on any atom is -0.350 e. The Hall–Kier alpha value is -2.31. The lowest BCUT2D eigenvalue weighted by Crippen LogP contribution is -2.30. The van der Waals surface area contributed by atoms with E-state index in [1.54, 1.807) is 43.1 Å². The maximum atomic E-state index is 12.5. The van der Waals surface area contributed by atoms with Crippen LogP contribution in [0.5, 0.6) is 0 Å². The van der Waals surface area contributed by atoms with Gasteiger partial charge < -0.3 is 5.32 Å². The number of aromatic nitrogens is 2. The van der Waals surface area contributed by atoms with Crippen LogP contribution in [0.1, 0.15) is 16.1 Å². The van der Waals surface area contributed by atoms with Gasteiger partial charge in [0.1, 0.15) is 0 Å².